The van der Waals surface area contributed by atoms with Gasteiger partial charge in [0, 0.05) is 28.8 Å². The van der Waals surface area contributed by atoms with E-state index in [-0.39, 0.29) is 18.6 Å². The van der Waals surface area contributed by atoms with Crippen molar-refractivity contribution >= 4 is 33.5 Å². The van der Waals surface area contributed by atoms with E-state index in [2.05, 4.69) is 21.2 Å². The van der Waals surface area contributed by atoms with Crippen molar-refractivity contribution in [2.75, 3.05) is 12.3 Å². The van der Waals surface area contributed by atoms with Crippen molar-refractivity contribution in [3.8, 4) is 0 Å². The summed E-state index contributed by atoms with van der Waals surface area (Å²) in [6.07, 6.45) is -0.0485. The first kappa shape index (κ1) is 14.5. The summed E-state index contributed by atoms with van der Waals surface area (Å²) < 4.78 is 0.657. The molecule has 1 rings (SSSR count). The highest BCUT2D eigenvalue weighted by Gasteiger charge is 2.20. The van der Waals surface area contributed by atoms with Gasteiger partial charge >= 0.3 is 5.97 Å². The first-order valence-electron chi connectivity index (χ1n) is 5.15. The number of carboxylic acids is 1. The minimum Gasteiger partial charge on any atom is -0.480 e. The summed E-state index contributed by atoms with van der Waals surface area (Å²) in [7, 11) is 0. The fourth-order valence-corrected chi connectivity index (χ4v) is 1.56. The van der Waals surface area contributed by atoms with E-state index >= 15 is 0 Å². The third-order valence-corrected chi connectivity index (χ3v) is 3.00. The van der Waals surface area contributed by atoms with Crippen molar-refractivity contribution < 1.29 is 19.8 Å². The number of carbonyl (C=O) groups excluding carboxylic acids is 1. The van der Waals surface area contributed by atoms with E-state index in [0.29, 0.717) is 10.2 Å². The SMILES string of the molecule is Nc1cc(C(=O)N[C@H](CCO)C(=O)O)ccc1Br. The average Bonchev–Trinajstić information content (AvgIpc) is 2.31. The lowest BCUT2D eigenvalue weighted by Gasteiger charge is -2.13. The zero-order valence-electron chi connectivity index (χ0n) is 9.39. The van der Waals surface area contributed by atoms with E-state index in [0.717, 1.165) is 0 Å². The lowest BCUT2D eigenvalue weighted by molar-refractivity contribution is -0.139. The number of nitrogens with two attached hydrogens (primary N) is 1. The van der Waals surface area contributed by atoms with Crippen molar-refractivity contribution in [1.29, 1.82) is 0 Å². The molecule has 0 bridgehead atoms. The topological polar surface area (TPSA) is 113 Å². The normalized spacial score (nSPS) is 11.9. The second-order valence-corrected chi connectivity index (χ2v) is 4.47. The maximum atomic E-state index is 11.8. The molecule has 0 radical (unpaired) electrons. The number of anilines is 1. The minimum atomic E-state index is -1.19. The van der Waals surface area contributed by atoms with Gasteiger partial charge in [0.15, 0.2) is 0 Å². The van der Waals surface area contributed by atoms with Crippen LogP contribution in [0.3, 0.4) is 0 Å². The number of amides is 1. The highest BCUT2D eigenvalue weighted by molar-refractivity contribution is 9.10. The van der Waals surface area contributed by atoms with Gasteiger partial charge in [-0.1, -0.05) is 0 Å². The Morgan fingerprint density at radius 3 is 2.61 bits per heavy atom. The standard InChI is InChI=1S/C11H13BrN2O4/c12-7-2-1-6(5-8(7)13)10(16)14-9(3-4-15)11(17)18/h1-2,5,9,15H,3-4,13H2,(H,14,16)(H,17,18)/t9-/m1/s1. The van der Waals surface area contributed by atoms with Gasteiger partial charge in [-0.2, -0.15) is 0 Å². The molecule has 1 aromatic carbocycles. The number of nitrogen functional groups attached to an aromatic ring is 1. The second-order valence-electron chi connectivity index (χ2n) is 3.61. The zero-order chi connectivity index (χ0) is 13.7. The number of hydrogen-bond donors (Lipinski definition) is 4. The van der Waals surface area contributed by atoms with Crippen molar-refractivity contribution in [1.82, 2.24) is 5.32 Å². The molecule has 0 saturated carbocycles. The molecule has 0 saturated heterocycles. The number of aliphatic carboxylic acids is 1. The quantitative estimate of drug-likeness (QED) is 0.594. The molecular weight excluding hydrogens is 304 g/mol. The predicted octanol–water partition coefficient (Wildman–Crippen LogP) is 0.597. The fraction of sp³-hybridized carbons (Fsp3) is 0.273. The van der Waals surface area contributed by atoms with Gasteiger partial charge in [0.1, 0.15) is 6.04 Å². The summed E-state index contributed by atoms with van der Waals surface area (Å²) in [6, 6.07) is 3.45. The van der Waals surface area contributed by atoms with Gasteiger partial charge < -0.3 is 21.3 Å². The molecule has 7 heteroatoms. The molecule has 0 fully saturated rings. The van der Waals surface area contributed by atoms with Gasteiger partial charge in [-0.05, 0) is 34.1 Å². The molecular formula is C11H13BrN2O4. The molecule has 1 atom stereocenters. The zero-order valence-corrected chi connectivity index (χ0v) is 11.0. The highest BCUT2D eigenvalue weighted by atomic mass is 79.9. The molecule has 1 amide bonds. The summed E-state index contributed by atoms with van der Waals surface area (Å²) in [5.41, 5.74) is 6.27. The molecule has 98 valence electrons. The Morgan fingerprint density at radius 2 is 2.11 bits per heavy atom. The van der Waals surface area contributed by atoms with Crippen molar-refractivity contribution in [2.45, 2.75) is 12.5 Å². The Morgan fingerprint density at radius 1 is 1.44 bits per heavy atom. The molecule has 1 aromatic rings. The van der Waals surface area contributed by atoms with Crippen LogP contribution < -0.4 is 11.1 Å². The van der Waals surface area contributed by atoms with Crippen LogP contribution in [0.2, 0.25) is 0 Å². The number of carboxylic acid groups (broad SMARTS) is 1. The third kappa shape index (κ3) is 3.71. The molecule has 0 aliphatic carbocycles. The van der Waals surface area contributed by atoms with E-state index in [4.69, 9.17) is 15.9 Å². The first-order chi connectivity index (χ1) is 8.45. The molecule has 5 N–H and O–H groups in total. The fourth-order valence-electron chi connectivity index (χ4n) is 1.31. The maximum absolute atomic E-state index is 11.8. The lowest BCUT2D eigenvalue weighted by atomic mass is 10.1. The molecule has 18 heavy (non-hydrogen) atoms. The molecule has 6 nitrogen and oxygen atoms in total. The highest BCUT2D eigenvalue weighted by Crippen LogP contribution is 2.20. The van der Waals surface area contributed by atoms with E-state index < -0.39 is 17.9 Å². The monoisotopic (exact) mass is 316 g/mol. The molecule has 0 heterocycles. The van der Waals surface area contributed by atoms with Gasteiger partial charge in [-0.25, -0.2) is 4.79 Å². The van der Waals surface area contributed by atoms with E-state index in [9.17, 15) is 9.59 Å². The summed E-state index contributed by atoms with van der Waals surface area (Å²) in [6.45, 7) is -0.320. The molecule has 0 aliphatic rings. The van der Waals surface area contributed by atoms with E-state index in [1.165, 1.54) is 12.1 Å². The first-order valence-corrected chi connectivity index (χ1v) is 5.94. The van der Waals surface area contributed by atoms with Crippen LogP contribution in [0.1, 0.15) is 16.8 Å². The number of nitrogens with one attached hydrogen (secondary N) is 1. The molecule has 0 unspecified atom stereocenters. The van der Waals surface area contributed by atoms with Crippen LogP contribution in [0.5, 0.6) is 0 Å². The van der Waals surface area contributed by atoms with Gasteiger partial charge in [0.25, 0.3) is 5.91 Å². The lowest BCUT2D eigenvalue weighted by Crippen LogP contribution is -2.41. The van der Waals surface area contributed by atoms with Crippen LogP contribution in [0.25, 0.3) is 0 Å². The smallest absolute Gasteiger partial charge is 0.326 e. The van der Waals surface area contributed by atoms with Crippen LogP contribution in [-0.4, -0.2) is 34.7 Å². The second kappa shape index (κ2) is 6.36. The van der Waals surface area contributed by atoms with Crippen LogP contribution in [-0.2, 0) is 4.79 Å². The van der Waals surface area contributed by atoms with Crippen molar-refractivity contribution in [3.05, 3.63) is 28.2 Å². The van der Waals surface area contributed by atoms with Crippen LogP contribution in [0, 0.1) is 0 Å². The summed E-state index contributed by atoms with van der Waals surface area (Å²) in [5.74, 6) is -1.74. The van der Waals surface area contributed by atoms with Gasteiger partial charge in [-0.15, -0.1) is 0 Å². The number of halogens is 1. The molecule has 0 aromatic heterocycles. The number of rotatable bonds is 5. The van der Waals surface area contributed by atoms with Gasteiger partial charge in [-0.3, -0.25) is 4.79 Å². The minimum absolute atomic E-state index is 0.0485. The van der Waals surface area contributed by atoms with Crippen molar-refractivity contribution in [2.24, 2.45) is 0 Å². The van der Waals surface area contributed by atoms with Gasteiger partial charge in [0.2, 0.25) is 0 Å². The maximum Gasteiger partial charge on any atom is 0.326 e. The third-order valence-electron chi connectivity index (χ3n) is 2.28. The Hall–Kier alpha value is -1.60. The van der Waals surface area contributed by atoms with Crippen LogP contribution in [0.15, 0.2) is 22.7 Å². The number of aliphatic hydroxyl groups is 1. The van der Waals surface area contributed by atoms with Crippen molar-refractivity contribution in [3.63, 3.8) is 0 Å². The average molecular weight is 317 g/mol. The molecule has 0 aliphatic heterocycles. The summed E-state index contributed by atoms with van der Waals surface area (Å²) >= 11 is 3.19. The predicted molar refractivity (Wildman–Crippen MR) is 69.1 cm³/mol. The number of benzene rings is 1. The number of aliphatic hydroxyl groups excluding tert-OH is 1. The molecule has 0 spiro atoms. The summed E-state index contributed by atoms with van der Waals surface area (Å²) in [5, 5.41) is 19.9. The number of hydrogen-bond acceptors (Lipinski definition) is 4. The largest absolute Gasteiger partial charge is 0.480 e. The van der Waals surface area contributed by atoms with Gasteiger partial charge in [0.05, 0.1) is 0 Å². The Kier molecular flexibility index (Phi) is 5.11. The Labute approximate surface area is 112 Å². The Balaban J connectivity index is 2.80. The van der Waals surface area contributed by atoms with E-state index in [1.807, 2.05) is 0 Å². The van der Waals surface area contributed by atoms with Crippen LogP contribution >= 0.6 is 15.9 Å². The Bertz CT molecular complexity index is 464. The van der Waals surface area contributed by atoms with Crippen LogP contribution in [0.4, 0.5) is 5.69 Å². The van der Waals surface area contributed by atoms with E-state index in [1.54, 1.807) is 6.07 Å². The number of carbonyl (C=O) groups is 2. The summed E-state index contributed by atoms with van der Waals surface area (Å²) in [4.78, 5) is 22.6.